The van der Waals surface area contributed by atoms with Gasteiger partial charge in [0.05, 0.1) is 11.1 Å². The summed E-state index contributed by atoms with van der Waals surface area (Å²) in [5, 5.41) is 6.85. The highest BCUT2D eigenvalue weighted by Crippen LogP contribution is 2.20. The van der Waals surface area contributed by atoms with Crippen molar-refractivity contribution in [2.45, 2.75) is 25.3 Å². The first-order valence-electron chi connectivity index (χ1n) is 8.70. The standard InChI is InChI=1S/C20H22N4O3S/c1-14-4-7-17(8-5-14)23-28(26,27)18-9-6-15(2)19(10-18)20(25)21-11-16-12-22-24(3)13-16/h4-10,12-13,23H,11H2,1-3H3,(H,21,25). The molecule has 8 heteroatoms. The molecule has 0 spiro atoms. The van der Waals surface area contributed by atoms with Gasteiger partial charge in [0.1, 0.15) is 0 Å². The van der Waals surface area contributed by atoms with Crippen LogP contribution in [0, 0.1) is 13.8 Å². The molecule has 3 rings (SSSR count). The van der Waals surface area contributed by atoms with Crippen molar-refractivity contribution < 1.29 is 13.2 Å². The molecule has 1 heterocycles. The lowest BCUT2D eigenvalue weighted by molar-refractivity contribution is 0.0950. The molecule has 0 unspecified atom stereocenters. The Morgan fingerprint density at radius 2 is 1.82 bits per heavy atom. The third-order valence-corrected chi connectivity index (χ3v) is 5.66. The van der Waals surface area contributed by atoms with Gasteiger partial charge in [-0.05, 0) is 43.7 Å². The van der Waals surface area contributed by atoms with Crippen molar-refractivity contribution in [2.75, 3.05) is 4.72 Å². The highest BCUT2D eigenvalue weighted by atomic mass is 32.2. The van der Waals surface area contributed by atoms with Crippen LogP contribution in [0.15, 0.2) is 59.8 Å². The second kappa shape index (κ2) is 7.85. The number of aryl methyl sites for hydroxylation is 3. The van der Waals surface area contributed by atoms with Crippen LogP contribution in [0.3, 0.4) is 0 Å². The van der Waals surface area contributed by atoms with E-state index in [0.717, 1.165) is 11.1 Å². The summed E-state index contributed by atoms with van der Waals surface area (Å²) >= 11 is 0. The molecule has 1 aromatic heterocycles. The molecule has 0 aliphatic heterocycles. The summed E-state index contributed by atoms with van der Waals surface area (Å²) in [4.78, 5) is 12.6. The minimum Gasteiger partial charge on any atom is -0.348 e. The molecule has 0 atom stereocenters. The first-order chi connectivity index (χ1) is 13.2. The van der Waals surface area contributed by atoms with E-state index in [1.54, 1.807) is 49.2 Å². The van der Waals surface area contributed by atoms with E-state index in [1.165, 1.54) is 12.1 Å². The van der Waals surface area contributed by atoms with Crippen molar-refractivity contribution in [3.63, 3.8) is 0 Å². The summed E-state index contributed by atoms with van der Waals surface area (Å²) < 4.78 is 29.6. The van der Waals surface area contributed by atoms with Gasteiger partial charge in [-0.1, -0.05) is 23.8 Å². The number of nitrogens with one attached hydrogen (secondary N) is 2. The summed E-state index contributed by atoms with van der Waals surface area (Å²) in [6, 6.07) is 11.6. The number of anilines is 1. The second-order valence-electron chi connectivity index (χ2n) is 6.65. The molecule has 0 bridgehead atoms. The average molecular weight is 398 g/mol. The normalized spacial score (nSPS) is 11.2. The van der Waals surface area contributed by atoms with Gasteiger partial charge in [-0.2, -0.15) is 5.10 Å². The molecule has 28 heavy (non-hydrogen) atoms. The number of nitrogens with zero attached hydrogens (tertiary/aromatic N) is 2. The van der Waals surface area contributed by atoms with Gasteiger partial charge < -0.3 is 5.32 Å². The third-order valence-electron chi connectivity index (χ3n) is 4.28. The lowest BCUT2D eigenvalue weighted by atomic mass is 10.1. The molecular formula is C20H22N4O3S. The summed E-state index contributed by atoms with van der Waals surface area (Å²) in [7, 11) is -2.01. The number of benzene rings is 2. The first kappa shape index (κ1) is 19.6. The van der Waals surface area contributed by atoms with Crippen LogP contribution in [-0.2, 0) is 23.6 Å². The van der Waals surface area contributed by atoms with Crippen LogP contribution < -0.4 is 10.0 Å². The van der Waals surface area contributed by atoms with Crippen molar-refractivity contribution in [1.29, 1.82) is 0 Å². The molecule has 7 nitrogen and oxygen atoms in total. The number of aromatic nitrogens is 2. The van der Waals surface area contributed by atoms with Gasteiger partial charge in [-0.25, -0.2) is 8.42 Å². The van der Waals surface area contributed by atoms with Gasteiger partial charge in [-0.3, -0.25) is 14.2 Å². The van der Waals surface area contributed by atoms with E-state index in [1.807, 2.05) is 19.1 Å². The molecule has 0 fully saturated rings. The Labute approximate surface area is 164 Å². The number of hydrogen-bond donors (Lipinski definition) is 2. The minimum atomic E-state index is -3.81. The predicted octanol–water partition coefficient (Wildman–Crippen LogP) is 2.77. The van der Waals surface area contributed by atoms with E-state index in [-0.39, 0.29) is 10.8 Å². The maximum absolute atomic E-state index is 12.7. The maximum Gasteiger partial charge on any atom is 0.261 e. The molecule has 2 aromatic carbocycles. The fourth-order valence-corrected chi connectivity index (χ4v) is 3.77. The summed E-state index contributed by atoms with van der Waals surface area (Å²) in [6.07, 6.45) is 3.47. The Morgan fingerprint density at radius 1 is 1.11 bits per heavy atom. The van der Waals surface area contributed by atoms with Crippen LogP contribution >= 0.6 is 0 Å². The number of sulfonamides is 1. The van der Waals surface area contributed by atoms with Crippen LogP contribution in [-0.4, -0.2) is 24.1 Å². The fourth-order valence-electron chi connectivity index (χ4n) is 2.69. The molecule has 0 saturated carbocycles. The molecule has 0 saturated heterocycles. The highest BCUT2D eigenvalue weighted by Gasteiger charge is 2.18. The van der Waals surface area contributed by atoms with Crippen LogP contribution in [0.4, 0.5) is 5.69 Å². The van der Waals surface area contributed by atoms with Gasteiger partial charge in [0.2, 0.25) is 0 Å². The molecule has 0 aliphatic carbocycles. The number of amides is 1. The summed E-state index contributed by atoms with van der Waals surface area (Å²) in [6.45, 7) is 4.00. The lowest BCUT2D eigenvalue weighted by Gasteiger charge is -2.12. The quantitative estimate of drug-likeness (QED) is 0.668. The highest BCUT2D eigenvalue weighted by molar-refractivity contribution is 7.92. The lowest BCUT2D eigenvalue weighted by Crippen LogP contribution is -2.24. The molecule has 2 N–H and O–H groups in total. The fraction of sp³-hybridized carbons (Fsp3) is 0.200. The minimum absolute atomic E-state index is 0.0326. The van der Waals surface area contributed by atoms with Gasteiger partial charge in [0, 0.05) is 36.6 Å². The SMILES string of the molecule is Cc1ccc(NS(=O)(=O)c2ccc(C)c(C(=O)NCc3cnn(C)c3)c2)cc1. The van der Waals surface area contributed by atoms with Crippen LogP contribution in [0.2, 0.25) is 0 Å². The van der Waals surface area contributed by atoms with Crippen LogP contribution in [0.25, 0.3) is 0 Å². The van der Waals surface area contributed by atoms with Gasteiger partial charge in [0.25, 0.3) is 15.9 Å². The molecular weight excluding hydrogens is 376 g/mol. The summed E-state index contributed by atoms with van der Waals surface area (Å²) in [5.41, 5.74) is 3.37. The van der Waals surface area contributed by atoms with Crippen LogP contribution in [0.5, 0.6) is 0 Å². The number of carbonyl (C=O) groups excluding carboxylic acids is 1. The van der Waals surface area contributed by atoms with E-state index >= 15 is 0 Å². The number of hydrogen-bond acceptors (Lipinski definition) is 4. The van der Waals surface area contributed by atoms with Gasteiger partial charge in [-0.15, -0.1) is 0 Å². The average Bonchev–Trinajstić information content (AvgIpc) is 3.07. The Morgan fingerprint density at radius 3 is 2.46 bits per heavy atom. The predicted molar refractivity (Wildman–Crippen MR) is 108 cm³/mol. The Bertz CT molecular complexity index is 1100. The molecule has 0 radical (unpaired) electrons. The van der Waals surface area contributed by atoms with Crippen molar-refractivity contribution in [3.05, 3.63) is 77.1 Å². The zero-order valence-electron chi connectivity index (χ0n) is 15.9. The smallest absolute Gasteiger partial charge is 0.261 e. The zero-order chi connectivity index (χ0) is 20.3. The van der Waals surface area contributed by atoms with Crippen molar-refractivity contribution in [3.8, 4) is 0 Å². The van der Waals surface area contributed by atoms with Crippen LogP contribution in [0.1, 0.15) is 27.0 Å². The Balaban J connectivity index is 1.79. The van der Waals surface area contributed by atoms with E-state index in [4.69, 9.17) is 0 Å². The third kappa shape index (κ3) is 4.58. The van der Waals surface area contributed by atoms with E-state index in [2.05, 4.69) is 15.1 Å². The van der Waals surface area contributed by atoms with Gasteiger partial charge in [0.15, 0.2) is 0 Å². The van der Waals surface area contributed by atoms with E-state index in [9.17, 15) is 13.2 Å². The van der Waals surface area contributed by atoms with E-state index in [0.29, 0.717) is 23.4 Å². The van der Waals surface area contributed by atoms with Crippen molar-refractivity contribution in [2.24, 2.45) is 7.05 Å². The molecule has 146 valence electrons. The molecule has 3 aromatic rings. The van der Waals surface area contributed by atoms with E-state index < -0.39 is 10.0 Å². The molecule has 0 aliphatic rings. The zero-order valence-corrected chi connectivity index (χ0v) is 16.7. The van der Waals surface area contributed by atoms with Gasteiger partial charge >= 0.3 is 0 Å². The Hall–Kier alpha value is -3.13. The number of carbonyl (C=O) groups is 1. The second-order valence-corrected chi connectivity index (χ2v) is 8.34. The summed E-state index contributed by atoms with van der Waals surface area (Å²) in [5.74, 6) is -0.339. The largest absolute Gasteiger partial charge is 0.348 e. The Kier molecular flexibility index (Phi) is 5.51. The van der Waals surface area contributed by atoms with Crippen molar-refractivity contribution in [1.82, 2.24) is 15.1 Å². The molecule has 1 amide bonds. The number of rotatable bonds is 6. The topological polar surface area (TPSA) is 93.1 Å². The first-order valence-corrected chi connectivity index (χ1v) is 10.2. The monoisotopic (exact) mass is 398 g/mol. The van der Waals surface area contributed by atoms with Crippen molar-refractivity contribution >= 4 is 21.6 Å². The maximum atomic E-state index is 12.7.